The first-order chi connectivity index (χ1) is 12.2. The van der Waals surface area contributed by atoms with Gasteiger partial charge in [-0.25, -0.2) is 0 Å². The fourth-order valence-electron chi connectivity index (χ4n) is 4.97. The summed E-state index contributed by atoms with van der Waals surface area (Å²) in [5, 5.41) is 1.40. The molecule has 0 N–H and O–H groups in total. The molecular weight excluding hydrogens is 457 g/mol. The predicted molar refractivity (Wildman–Crippen MR) is 110 cm³/mol. The Morgan fingerprint density at radius 2 is 1.23 bits per heavy atom. The Hall–Kier alpha value is 0.202. The molecule has 2 nitrogen and oxygen atoms in total. The van der Waals surface area contributed by atoms with Crippen LogP contribution >= 0.6 is 18.9 Å². The molecule has 1 aromatic rings. The molecule has 2 saturated carbocycles. The Bertz CT molecular complexity index is 517. The molecule has 0 aromatic heterocycles. The van der Waals surface area contributed by atoms with E-state index in [-0.39, 0.29) is 20.4 Å². The van der Waals surface area contributed by atoms with E-state index in [0.29, 0.717) is 0 Å². The van der Waals surface area contributed by atoms with Crippen LogP contribution in [0.3, 0.4) is 0 Å². The maximum absolute atomic E-state index is 6.76. The summed E-state index contributed by atoms with van der Waals surface area (Å²) in [6.07, 6.45) is 13.5. The molecule has 26 heavy (non-hydrogen) atoms. The maximum Gasteiger partial charge on any atom is 0.126 e. The quantitative estimate of drug-likeness (QED) is 0.263. The van der Waals surface area contributed by atoms with E-state index in [2.05, 4.69) is 17.8 Å². The van der Waals surface area contributed by atoms with Crippen LogP contribution in [-0.4, -0.2) is 25.5 Å². The van der Waals surface area contributed by atoms with Crippen molar-refractivity contribution < 1.29 is 29.9 Å². The molecule has 0 radical (unpaired) electrons. The van der Waals surface area contributed by atoms with Gasteiger partial charge >= 0.3 is 0 Å². The Kier molecular flexibility index (Phi) is 9.23. The number of hydrogen-bond donors (Lipinski definition) is 0. The van der Waals surface area contributed by atoms with E-state index >= 15 is 0 Å². The normalized spacial score (nSPS) is 19.7. The maximum atomic E-state index is 6.76. The van der Waals surface area contributed by atoms with Crippen LogP contribution in [0.1, 0.15) is 64.2 Å². The van der Waals surface area contributed by atoms with Crippen molar-refractivity contribution in [3.63, 3.8) is 0 Å². The van der Waals surface area contributed by atoms with Crippen molar-refractivity contribution in [2.75, 3.05) is 14.2 Å². The number of ether oxygens (including phenoxy) is 2. The van der Waals surface area contributed by atoms with E-state index in [0.717, 1.165) is 22.8 Å². The minimum Gasteiger partial charge on any atom is -0.496 e. The molecule has 5 heteroatoms. The van der Waals surface area contributed by atoms with Gasteiger partial charge in [0.1, 0.15) is 11.5 Å². The summed E-state index contributed by atoms with van der Waals surface area (Å²) < 4.78 is 11.2. The minimum atomic E-state index is -1.58. The van der Waals surface area contributed by atoms with Crippen molar-refractivity contribution in [1.29, 1.82) is 0 Å². The molecule has 2 aliphatic carbocycles. The van der Waals surface area contributed by atoms with Gasteiger partial charge in [-0.2, -0.15) is 0 Å². The molecule has 1 aromatic carbocycles. The van der Waals surface area contributed by atoms with Crippen LogP contribution in [0.5, 0.6) is 11.5 Å². The first-order valence-corrected chi connectivity index (χ1v) is 12.2. The van der Waals surface area contributed by atoms with Crippen LogP contribution in [0.2, 0.25) is 0 Å². The fourth-order valence-corrected chi connectivity index (χ4v) is 11.3. The van der Waals surface area contributed by atoms with Gasteiger partial charge in [0.2, 0.25) is 0 Å². The van der Waals surface area contributed by atoms with Crippen molar-refractivity contribution in [2.24, 2.45) is 0 Å². The van der Waals surface area contributed by atoms with Gasteiger partial charge in [0, 0.05) is 49.9 Å². The number of hydrogen-bond acceptors (Lipinski definition) is 2. The first-order valence-electron chi connectivity index (χ1n) is 9.81. The zero-order valence-corrected chi connectivity index (χ0v) is 19.2. The van der Waals surface area contributed by atoms with Gasteiger partial charge in [0.15, 0.2) is 0 Å². The molecule has 0 heterocycles. The molecule has 2 fully saturated rings. The third-order valence-corrected chi connectivity index (χ3v) is 12.2. The largest absolute Gasteiger partial charge is 0.496 e. The number of methoxy groups -OCH3 is 2. The van der Waals surface area contributed by atoms with Crippen molar-refractivity contribution in [3.05, 3.63) is 23.8 Å². The van der Waals surface area contributed by atoms with Crippen LogP contribution in [0.25, 0.3) is 0 Å². The molecule has 0 saturated heterocycles. The minimum absolute atomic E-state index is 0. The molecule has 0 aliphatic heterocycles. The summed E-state index contributed by atoms with van der Waals surface area (Å²) in [4.78, 5) is 0. The first kappa shape index (κ1) is 22.5. The molecule has 3 rings (SSSR count). The van der Waals surface area contributed by atoms with Crippen LogP contribution in [-0.2, 0) is 20.4 Å². The van der Waals surface area contributed by atoms with Crippen molar-refractivity contribution in [2.45, 2.75) is 75.5 Å². The number of halogens is 1. The Morgan fingerprint density at radius 1 is 0.808 bits per heavy atom. The molecular formula is C21H32ClO2PPd. The molecule has 0 unspecified atom stereocenters. The van der Waals surface area contributed by atoms with Crippen LogP contribution < -0.4 is 14.8 Å². The van der Waals surface area contributed by atoms with E-state index in [1.807, 2.05) is 6.07 Å². The SMILES string of the molecule is COc1cc(OC)cc([P+]([CH-]Cl)(C2CCCCC2)C2CCCCC2)c1.[Pd]. The number of rotatable bonds is 6. The molecule has 0 atom stereocenters. The van der Waals surface area contributed by atoms with Gasteiger partial charge < -0.3 is 21.1 Å². The van der Waals surface area contributed by atoms with Crippen LogP contribution in [0, 0.1) is 5.62 Å². The number of benzene rings is 1. The summed E-state index contributed by atoms with van der Waals surface area (Å²) in [6.45, 7) is 0. The zero-order valence-electron chi connectivity index (χ0n) is 16.0. The third kappa shape index (κ3) is 4.60. The van der Waals surface area contributed by atoms with Crippen LogP contribution in [0.4, 0.5) is 0 Å². The Labute approximate surface area is 178 Å². The molecule has 0 spiro atoms. The molecule has 0 amide bonds. The fraction of sp³-hybridized carbons (Fsp3) is 0.667. The smallest absolute Gasteiger partial charge is 0.126 e. The second-order valence-electron chi connectivity index (χ2n) is 7.59. The molecule has 2 aliphatic rings. The summed E-state index contributed by atoms with van der Waals surface area (Å²) in [7, 11) is 1.90. The Balaban J connectivity index is 0.00000243. The molecule has 150 valence electrons. The third-order valence-electron chi connectivity index (χ3n) is 6.30. The van der Waals surface area contributed by atoms with Gasteiger partial charge in [-0.05, 0) is 51.4 Å². The van der Waals surface area contributed by atoms with Gasteiger partial charge in [0.05, 0.1) is 19.5 Å². The van der Waals surface area contributed by atoms with Gasteiger partial charge in [0.25, 0.3) is 0 Å². The Morgan fingerprint density at radius 3 is 1.58 bits per heavy atom. The van der Waals surface area contributed by atoms with E-state index in [4.69, 9.17) is 21.1 Å². The van der Waals surface area contributed by atoms with Crippen LogP contribution in [0.15, 0.2) is 18.2 Å². The van der Waals surface area contributed by atoms with E-state index in [1.165, 1.54) is 69.5 Å². The van der Waals surface area contributed by atoms with Gasteiger partial charge in [-0.15, -0.1) is 0 Å². The summed E-state index contributed by atoms with van der Waals surface area (Å²) in [6, 6.07) is 6.48. The van der Waals surface area contributed by atoms with Gasteiger partial charge in [-0.3, -0.25) is 0 Å². The zero-order chi connectivity index (χ0) is 17.7. The predicted octanol–water partition coefficient (Wildman–Crippen LogP) is 6.37. The average molecular weight is 489 g/mol. The summed E-state index contributed by atoms with van der Waals surface area (Å²) >= 11 is 6.76. The van der Waals surface area contributed by atoms with Crippen molar-refractivity contribution in [1.82, 2.24) is 0 Å². The monoisotopic (exact) mass is 488 g/mol. The van der Waals surface area contributed by atoms with Gasteiger partial charge in [-0.1, -0.05) is 25.7 Å². The summed E-state index contributed by atoms with van der Waals surface area (Å²) in [5.74, 6) is 1.78. The van der Waals surface area contributed by atoms with E-state index in [1.54, 1.807) is 14.2 Å². The second-order valence-corrected chi connectivity index (χ2v) is 12.0. The average Bonchev–Trinajstić information content (AvgIpc) is 2.70. The van der Waals surface area contributed by atoms with E-state index < -0.39 is 7.26 Å². The van der Waals surface area contributed by atoms with E-state index in [9.17, 15) is 0 Å². The standard InChI is InChI=1S/C21H32ClO2P.Pd/c1-23-17-13-18(24-2)15-21(14-17)25(16-22,19-9-5-3-6-10-19)20-11-7-4-8-12-20;/h13-16,19-20H,3-12H2,1-2H3;. The van der Waals surface area contributed by atoms with Crippen molar-refractivity contribution in [3.8, 4) is 11.5 Å². The van der Waals surface area contributed by atoms with Crippen molar-refractivity contribution >= 4 is 24.2 Å². The second kappa shape index (κ2) is 10.7. The molecule has 0 bridgehead atoms. The summed E-state index contributed by atoms with van der Waals surface area (Å²) in [5.41, 5.74) is 3.60. The topological polar surface area (TPSA) is 18.5 Å².